The highest BCUT2D eigenvalue weighted by Gasteiger charge is 2.34. The highest BCUT2D eigenvalue weighted by molar-refractivity contribution is 6.07. The van der Waals surface area contributed by atoms with Gasteiger partial charge in [0.2, 0.25) is 0 Å². The molecule has 0 unspecified atom stereocenters. The minimum absolute atomic E-state index is 0.0407. The molecule has 0 N–H and O–H groups in total. The van der Waals surface area contributed by atoms with Gasteiger partial charge in [-0.15, -0.1) is 0 Å². The Bertz CT molecular complexity index is 566. The van der Waals surface area contributed by atoms with Crippen molar-refractivity contribution in [2.75, 3.05) is 20.1 Å². The molecule has 5 heteroatoms. The van der Waals surface area contributed by atoms with Crippen LogP contribution >= 0.6 is 0 Å². The Morgan fingerprint density at radius 3 is 2.42 bits per heavy atom. The van der Waals surface area contributed by atoms with Crippen molar-refractivity contribution in [2.45, 2.75) is 13.8 Å². The Morgan fingerprint density at radius 2 is 1.89 bits per heavy atom. The van der Waals surface area contributed by atoms with Gasteiger partial charge < -0.3 is 4.90 Å². The molecule has 2 rings (SSSR count). The second-order valence-electron chi connectivity index (χ2n) is 4.84. The molecule has 1 heterocycles. The third kappa shape index (κ3) is 2.50. The second kappa shape index (κ2) is 4.84. The number of Topliss-reactive ketones (excluding diaryl/α,β-unsaturated/α-hetero) is 1. The first-order valence-electron chi connectivity index (χ1n) is 6.06. The molecule has 1 aromatic rings. The number of rotatable bonds is 3. The number of nitrogens with zero attached hydrogens (tertiary/aromatic N) is 2. The third-order valence-corrected chi connectivity index (χ3v) is 3.36. The molecule has 1 aliphatic rings. The topological polar surface area (TPSA) is 57.7 Å². The van der Waals surface area contributed by atoms with Crippen LogP contribution in [-0.2, 0) is 4.79 Å². The van der Waals surface area contributed by atoms with Gasteiger partial charge in [-0.1, -0.05) is 12.1 Å². The largest absolute Gasteiger partial charge is 0.327 e. The quantitative estimate of drug-likeness (QED) is 0.609. The molecule has 1 aliphatic heterocycles. The molecule has 0 bridgehead atoms. The van der Waals surface area contributed by atoms with E-state index in [9.17, 15) is 14.4 Å². The van der Waals surface area contributed by atoms with Crippen molar-refractivity contribution in [2.24, 2.45) is 0 Å². The maximum absolute atomic E-state index is 12.1. The number of hydrogen-bond acceptors (Lipinski definition) is 3. The second-order valence-corrected chi connectivity index (χ2v) is 4.84. The summed E-state index contributed by atoms with van der Waals surface area (Å²) in [5.74, 6) is -0.551. The zero-order chi connectivity index (χ0) is 14.2. The molecule has 0 saturated carbocycles. The van der Waals surface area contributed by atoms with Gasteiger partial charge in [-0.05, 0) is 31.0 Å². The first-order chi connectivity index (χ1) is 8.90. The van der Waals surface area contributed by atoms with Crippen LogP contribution in [0.25, 0.3) is 0 Å². The summed E-state index contributed by atoms with van der Waals surface area (Å²) in [6, 6.07) is 4.95. The molecule has 1 fully saturated rings. The Labute approximate surface area is 111 Å². The van der Waals surface area contributed by atoms with E-state index < -0.39 is 6.03 Å². The van der Waals surface area contributed by atoms with Crippen LogP contribution in [0, 0.1) is 13.8 Å². The Kier molecular flexibility index (Phi) is 3.38. The molecule has 0 aromatic heterocycles. The van der Waals surface area contributed by atoms with Crippen molar-refractivity contribution < 1.29 is 14.4 Å². The number of carbonyl (C=O) groups excluding carboxylic acids is 3. The normalized spacial score (nSPS) is 15.3. The Balaban J connectivity index is 2.15. The summed E-state index contributed by atoms with van der Waals surface area (Å²) >= 11 is 0. The number of hydrogen-bond donors (Lipinski definition) is 0. The maximum Gasteiger partial charge on any atom is 0.327 e. The van der Waals surface area contributed by atoms with Crippen LogP contribution in [0.4, 0.5) is 4.79 Å². The number of aryl methyl sites for hydroxylation is 2. The van der Waals surface area contributed by atoms with Crippen LogP contribution in [0.3, 0.4) is 0 Å². The van der Waals surface area contributed by atoms with Crippen molar-refractivity contribution in [3.63, 3.8) is 0 Å². The Hall–Kier alpha value is -2.17. The Morgan fingerprint density at radius 1 is 1.21 bits per heavy atom. The molecule has 19 heavy (non-hydrogen) atoms. The number of carbonyl (C=O) groups is 3. The number of likely N-dealkylation sites (N-methyl/N-ethyl adjacent to an activating group) is 1. The fourth-order valence-electron chi connectivity index (χ4n) is 1.97. The lowest BCUT2D eigenvalue weighted by atomic mass is 10.0. The van der Waals surface area contributed by atoms with Gasteiger partial charge in [0.25, 0.3) is 5.91 Å². The molecular formula is C14H16N2O3. The summed E-state index contributed by atoms with van der Waals surface area (Å²) in [7, 11) is 1.54. The van der Waals surface area contributed by atoms with Gasteiger partial charge in [0.1, 0.15) is 6.54 Å². The molecule has 3 amide bonds. The summed E-state index contributed by atoms with van der Waals surface area (Å²) in [5.41, 5.74) is 2.64. The molecular weight excluding hydrogens is 244 g/mol. The highest BCUT2D eigenvalue weighted by Crippen LogP contribution is 2.13. The fourth-order valence-corrected chi connectivity index (χ4v) is 1.97. The van der Waals surface area contributed by atoms with Crippen molar-refractivity contribution in [3.05, 3.63) is 34.9 Å². The number of imide groups is 1. The summed E-state index contributed by atoms with van der Waals surface area (Å²) in [4.78, 5) is 37.7. The van der Waals surface area contributed by atoms with E-state index in [-0.39, 0.29) is 24.8 Å². The SMILES string of the molecule is Cc1ccc(C(=O)CN2C(=O)CN(C)C2=O)cc1C. The minimum atomic E-state index is -0.415. The third-order valence-electron chi connectivity index (χ3n) is 3.36. The number of urea groups is 1. The van der Waals surface area contributed by atoms with Crippen LogP contribution < -0.4 is 0 Å². The molecule has 0 aliphatic carbocycles. The average Bonchev–Trinajstić information content (AvgIpc) is 2.59. The molecule has 5 nitrogen and oxygen atoms in total. The van der Waals surface area contributed by atoms with Crippen molar-refractivity contribution in [1.29, 1.82) is 0 Å². The van der Waals surface area contributed by atoms with E-state index >= 15 is 0 Å². The zero-order valence-corrected chi connectivity index (χ0v) is 11.3. The van der Waals surface area contributed by atoms with Crippen molar-refractivity contribution in [3.8, 4) is 0 Å². The van der Waals surface area contributed by atoms with Gasteiger partial charge >= 0.3 is 6.03 Å². The molecule has 1 aromatic carbocycles. The average molecular weight is 260 g/mol. The van der Waals surface area contributed by atoms with Crippen LogP contribution in [0.5, 0.6) is 0 Å². The van der Waals surface area contributed by atoms with Crippen molar-refractivity contribution >= 4 is 17.7 Å². The summed E-state index contributed by atoms with van der Waals surface area (Å²) in [5, 5.41) is 0. The van der Waals surface area contributed by atoms with E-state index in [1.165, 1.54) is 4.90 Å². The first kappa shape index (κ1) is 13.3. The van der Waals surface area contributed by atoms with Gasteiger partial charge in [0.05, 0.1) is 6.54 Å². The lowest BCUT2D eigenvalue weighted by Gasteiger charge is -2.13. The van der Waals surface area contributed by atoms with E-state index in [1.54, 1.807) is 19.2 Å². The number of benzene rings is 1. The van der Waals surface area contributed by atoms with Gasteiger partial charge in [-0.3, -0.25) is 14.5 Å². The predicted molar refractivity (Wildman–Crippen MR) is 70.0 cm³/mol. The highest BCUT2D eigenvalue weighted by atomic mass is 16.2. The van der Waals surface area contributed by atoms with Crippen LogP contribution in [-0.4, -0.2) is 47.7 Å². The summed E-state index contributed by atoms with van der Waals surface area (Å²) < 4.78 is 0. The predicted octanol–water partition coefficient (Wildman–Crippen LogP) is 1.38. The minimum Gasteiger partial charge on any atom is -0.318 e. The first-order valence-corrected chi connectivity index (χ1v) is 6.06. The summed E-state index contributed by atoms with van der Waals surface area (Å²) in [6.45, 7) is 3.74. The smallest absolute Gasteiger partial charge is 0.318 e. The van der Waals surface area contributed by atoms with Gasteiger partial charge in [-0.25, -0.2) is 4.79 Å². The van der Waals surface area contributed by atoms with Gasteiger partial charge in [0, 0.05) is 12.6 Å². The standard InChI is InChI=1S/C14H16N2O3/c1-9-4-5-11(6-10(9)2)12(17)7-16-13(18)8-15(3)14(16)19/h4-6H,7-8H2,1-3H3. The lowest BCUT2D eigenvalue weighted by Crippen LogP contribution is -2.36. The lowest BCUT2D eigenvalue weighted by molar-refractivity contribution is -0.125. The monoisotopic (exact) mass is 260 g/mol. The van der Waals surface area contributed by atoms with Crippen molar-refractivity contribution in [1.82, 2.24) is 9.80 Å². The fraction of sp³-hybridized carbons (Fsp3) is 0.357. The molecule has 0 atom stereocenters. The van der Waals surface area contributed by atoms with Crippen LogP contribution in [0.1, 0.15) is 21.5 Å². The van der Waals surface area contributed by atoms with Crippen LogP contribution in [0.2, 0.25) is 0 Å². The van der Waals surface area contributed by atoms with E-state index in [1.807, 2.05) is 19.9 Å². The van der Waals surface area contributed by atoms with E-state index in [0.717, 1.165) is 16.0 Å². The number of ketones is 1. The molecule has 1 saturated heterocycles. The molecule has 0 spiro atoms. The van der Waals surface area contributed by atoms with E-state index in [4.69, 9.17) is 0 Å². The molecule has 100 valence electrons. The van der Waals surface area contributed by atoms with E-state index in [0.29, 0.717) is 5.56 Å². The molecule has 0 radical (unpaired) electrons. The summed E-state index contributed by atoms with van der Waals surface area (Å²) in [6.07, 6.45) is 0. The van der Waals surface area contributed by atoms with Gasteiger partial charge in [0.15, 0.2) is 5.78 Å². The zero-order valence-electron chi connectivity index (χ0n) is 11.3. The number of amides is 3. The maximum atomic E-state index is 12.1. The van der Waals surface area contributed by atoms with Crippen LogP contribution in [0.15, 0.2) is 18.2 Å². The van der Waals surface area contributed by atoms with E-state index in [2.05, 4.69) is 0 Å². The van der Waals surface area contributed by atoms with Gasteiger partial charge in [-0.2, -0.15) is 0 Å².